The van der Waals surface area contributed by atoms with Gasteiger partial charge < -0.3 is 15.4 Å². The first-order chi connectivity index (χ1) is 7.03. The van der Waals surface area contributed by atoms with E-state index in [1.54, 1.807) is 0 Å². The quantitative estimate of drug-likeness (QED) is 0.667. The standard InChI is InChI=1S/C12H26N2O.ClH/c1-12(2,9-13)10-14(3)6-7-15-8-11-4-5-11;/h11H,4-10,13H2,1-3H3;1H. The zero-order valence-electron chi connectivity index (χ0n) is 10.9. The fourth-order valence-corrected chi connectivity index (χ4v) is 1.63. The van der Waals surface area contributed by atoms with Crippen molar-refractivity contribution in [3.8, 4) is 0 Å². The molecule has 1 aliphatic carbocycles. The second kappa shape index (κ2) is 7.49. The molecule has 0 aromatic carbocycles. The molecule has 1 aliphatic rings. The van der Waals surface area contributed by atoms with Gasteiger partial charge >= 0.3 is 0 Å². The van der Waals surface area contributed by atoms with E-state index in [1.165, 1.54) is 12.8 Å². The lowest BCUT2D eigenvalue weighted by Crippen LogP contribution is -2.38. The normalized spacial score (nSPS) is 16.3. The summed E-state index contributed by atoms with van der Waals surface area (Å²) in [6, 6.07) is 0. The Kier molecular flexibility index (Phi) is 7.57. The lowest BCUT2D eigenvalue weighted by molar-refractivity contribution is 0.0929. The maximum absolute atomic E-state index is 5.70. The van der Waals surface area contributed by atoms with E-state index >= 15 is 0 Å². The van der Waals surface area contributed by atoms with Crippen molar-refractivity contribution in [2.75, 3.05) is 39.9 Å². The third-order valence-electron chi connectivity index (χ3n) is 2.92. The molecule has 0 radical (unpaired) electrons. The number of ether oxygens (including phenoxy) is 1. The number of halogens is 1. The Morgan fingerprint density at radius 1 is 1.38 bits per heavy atom. The Hall–Kier alpha value is 0.170. The van der Waals surface area contributed by atoms with E-state index in [9.17, 15) is 0 Å². The maximum atomic E-state index is 5.70. The third-order valence-corrected chi connectivity index (χ3v) is 2.92. The van der Waals surface area contributed by atoms with Crippen LogP contribution in [0.1, 0.15) is 26.7 Å². The van der Waals surface area contributed by atoms with E-state index < -0.39 is 0 Å². The fourth-order valence-electron chi connectivity index (χ4n) is 1.63. The average molecular weight is 251 g/mol. The Balaban J connectivity index is 0.00000225. The van der Waals surface area contributed by atoms with Crippen LogP contribution in [-0.4, -0.2) is 44.8 Å². The van der Waals surface area contributed by atoms with Crippen LogP contribution < -0.4 is 5.73 Å². The summed E-state index contributed by atoms with van der Waals surface area (Å²) in [5.41, 5.74) is 5.91. The Bertz CT molecular complexity index is 184. The van der Waals surface area contributed by atoms with Crippen molar-refractivity contribution in [3.63, 3.8) is 0 Å². The average Bonchev–Trinajstić information content (AvgIpc) is 2.95. The predicted octanol–water partition coefficient (Wildman–Crippen LogP) is 1.75. The minimum atomic E-state index is 0. The van der Waals surface area contributed by atoms with Crippen molar-refractivity contribution < 1.29 is 4.74 Å². The van der Waals surface area contributed by atoms with Gasteiger partial charge in [0.1, 0.15) is 0 Å². The lowest BCUT2D eigenvalue weighted by Gasteiger charge is -2.28. The van der Waals surface area contributed by atoms with Gasteiger partial charge in [0.2, 0.25) is 0 Å². The van der Waals surface area contributed by atoms with Gasteiger partial charge in [-0.15, -0.1) is 12.4 Å². The molecule has 0 heterocycles. The molecule has 16 heavy (non-hydrogen) atoms. The molecule has 1 saturated carbocycles. The van der Waals surface area contributed by atoms with Gasteiger partial charge in [-0.2, -0.15) is 0 Å². The van der Waals surface area contributed by atoms with Gasteiger partial charge in [0, 0.05) is 19.7 Å². The summed E-state index contributed by atoms with van der Waals surface area (Å²) in [7, 11) is 2.14. The molecule has 2 N–H and O–H groups in total. The molecule has 0 bridgehead atoms. The van der Waals surface area contributed by atoms with Crippen LogP contribution in [0.25, 0.3) is 0 Å². The summed E-state index contributed by atoms with van der Waals surface area (Å²) >= 11 is 0. The molecule has 0 saturated heterocycles. The smallest absolute Gasteiger partial charge is 0.0593 e. The second-order valence-corrected chi connectivity index (χ2v) is 5.62. The van der Waals surface area contributed by atoms with Gasteiger partial charge in [0.15, 0.2) is 0 Å². The Morgan fingerprint density at radius 2 is 2.00 bits per heavy atom. The largest absolute Gasteiger partial charge is 0.380 e. The third kappa shape index (κ3) is 7.44. The number of hydrogen-bond acceptors (Lipinski definition) is 3. The molecular weight excluding hydrogens is 224 g/mol. The molecule has 0 aromatic heterocycles. The molecule has 3 nitrogen and oxygen atoms in total. The molecular formula is C12H27ClN2O. The van der Waals surface area contributed by atoms with Crippen molar-refractivity contribution in [2.45, 2.75) is 26.7 Å². The Morgan fingerprint density at radius 3 is 2.50 bits per heavy atom. The zero-order chi connectivity index (χ0) is 11.3. The summed E-state index contributed by atoms with van der Waals surface area (Å²) in [5.74, 6) is 0.871. The second-order valence-electron chi connectivity index (χ2n) is 5.62. The van der Waals surface area contributed by atoms with Crippen molar-refractivity contribution in [1.82, 2.24) is 4.90 Å². The van der Waals surface area contributed by atoms with Gasteiger partial charge in [-0.05, 0) is 37.8 Å². The summed E-state index contributed by atoms with van der Waals surface area (Å²) < 4.78 is 5.60. The van der Waals surface area contributed by atoms with Crippen molar-refractivity contribution in [3.05, 3.63) is 0 Å². The first kappa shape index (κ1) is 16.2. The molecule has 1 rings (SSSR count). The van der Waals surface area contributed by atoms with E-state index in [-0.39, 0.29) is 17.8 Å². The van der Waals surface area contributed by atoms with Crippen LogP contribution >= 0.6 is 12.4 Å². The summed E-state index contributed by atoms with van der Waals surface area (Å²) in [4.78, 5) is 2.31. The van der Waals surface area contributed by atoms with E-state index in [2.05, 4.69) is 25.8 Å². The number of rotatable bonds is 8. The van der Waals surface area contributed by atoms with Crippen LogP contribution in [0.3, 0.4) is 0 Å². The van der Waals surface area contributed by atoms with Crippen molar-refractivity contribution in [1.29, 1.82) is 0 Å². The van der Waals surface area contributed by atoms with E-state index in [0.717, 1.165) is 38.8 Å². The highest BCUT2D eigenvalue weighted by Gasteiger charge is 2.21. The molecule has 0 aliphatic heterocycles. The first-order valence-electron chi connectivity index (χ1n) is 6.00. The highest BCUT2D eigenvalue weighted by Crippen LogP contribution is 2.28. The molecule has 98 valence electrons. The molecule has 0 spiro atoms. The van der Waals surface area contributed by atoms with E-state index in [1.807, 2.05) is 0 Å². The number of nitrogens with zero attached hydrogens (tertiary/aromatic N) is 1. The van der Waals surface area contributed by atoms with Crippen LogP contribution in [0.4, 0.5) is 0 Å². The van der Waals surface area contributed by atoms with Gasteiger partial charge in [0.25, 0.3) is 0 Å². The molecule has 0 aromatic rings. The molecule has 0 atom stereocenters. The highest BCUT2D eigenvalue weighted by molar-refractivity contribution is 5.85. The number of hydrogen-bond donors (Lipinski definition) is 1. The summed E-state index contributed by atoms with van der Waals surface area (Å²) in [6.07, 6.45) is 2.74. The van der Waals surface area contributed by atoms with Crippen LogP contribution in [0.15, 0.2) is 0 Å². The van der Waals surface area contributed by atoms with Crippen LogP contribution in [0.5, 0.6) is 0 Å². The predicted molar refractivity (Wildman–Crippen MR) is 71.1 cm³/mol. The monoisotopic (exact) mass is 250 g/mol. The first-order valence-corrected chi connectivity index (χ1v) is 6.00. The number of likely N-dealkylation sites (N-methyl/N-ethyl adjacent to an activating group) is 1. The molecule has 4 heteroatoms. The topological polar surface area (TPSA) is 38.5 Å². The minimum absolute atomic E-state index is 0. The fraction of sp³-hybridized carbons (Fsp3) is 1.00. The van der Waals surface area contributed by atoms with Crippen LogP contribution in [-0.2, 0) is 4.74 Å². The highest BCUT2D eigenvalue weighted by atomic mass is 35.5. The van der Waals surface area contributed by atoms with Gasteiger partial charge in [-0.3, -0.25) is 0 Å². The van der Waals surface area contributed by atoms with E-state index in [0.29, 0.717) is 0 Å². The van der Waals surface area contributed by atoms with Crippen molar-refractivity contribution >= 4 is 12.4 Å². The SMILES string of the molecule is CN(CCOCC1CC1)CC(C)(C)CN.Cl. The maximum Gasteiger partial charge on any atom is 0.0593 e. The van der Waals surface area contributed by atoms with Gasteiger partial charge in [-0.25, -0.2) is 0 Å². The molecule has 1 fully saturated rings. The number of nitrogens with two attached hydrogens (primary N) is 1. The lowest BCUT2D eigenvalue weighted by atomic mass is 9.93. The zero-order valence-corrected chi connectivity index (χ0v) is 11.7. The van der Waals surface area contributed by atoms with Gasteiger partial charge in [0.05, 0.1) is 6.61 Å². The summed E-state index contributed by atoms with van der Waals surface area (Å²) in [5, 5.41) is 0. The van der Waals surface area contributed by atoms with Crippen LogP contribution in [0, 0.1) is 11.3 Å². The van der Waals surface area contributed by atoms with Crippen molar-refractivity contribution in [2.24, 2.45) is 17.1 Å². The molecule has 0 unspecified atom stereocenters. The van der Waals surface area contributed by atoms with Gasteiger partial charge in [-0.1, -0.05) is 13.8 Å². The summed E-state index contributed by atoms with van der Waals surface area (Å²) in [6.45, 7) is 9.01. The minimum Gasteiger partial charge on any atom is -0.380 e. The Labute approximate surface area is 106 Å². The van der Waals surface area contributed by atoms with Crippen LogP contribution in [0.2, 0.25) is 0 Å². The molecule has 0 amide bonds. The van der Waals surface area contributed by atoms with E-state index in [4.69, 9.17) is 10.5 Å².